The van der Waals surface area contributed by atoms with Gasteiger partial charge in [0.15, 0.2) is 0 Å². The lowest BCUT2D eigenvalue weighted by atomic mass is 9.97. The van der Waals surface area contributed by atoms with Crippen LogP contribution in [0, 0.1) is 6.92 Å². The zero-order chi connectivity index (χ0) is 14.5. The molecule has 2 aromatic rings. The minimum Gasteiger partial charge on any atom is -0.300 e. The van der Waals surface area contributed by atoms with Gasteiger partial charge in [-0.25, -0.2) is 0 Å². The average Bonchev–Trinajstić information content (AvgIpc) is 3.04. The number of nitrogens with zero attached hydrogens (tertiary/aromatic N) is 1. The van der Waals surface area contributed by atoms with Crippen molar-refractivity contribution in [2.45, 2.75) is 19.8 Å². The Morgan fingerprint density at radius 3 is 2.19 bits per heavy atom. The molecule has 1 aliphatic rings. The molecule has 0 amide bonds. The lowest BCUT2D eigenvalue weighted by Crippen LogP contribution is -2.19. The van der Waals surface area contributed by atoms with Crippen LogP contribution in [0.4, 0.5) is 0 Å². The highest BCUT2D eigenvalue weighted by molar-refractivity contribution is 5.79. The molecule has 1 aliphatic heterocycles. The normalized spacial score (nSPS) is 16.3. The topological polar surface area (TPSA) is 3.24 Å². The number of rotatable bonds is 4. The predicted octanol–water partition coefficient (Wildman–Crippen LogP) is 4.52. The van der Waals surface area contributed by atoms with Crippen LogP contribution in [-0.4, -0.2) is 24.5 Å². The van der Waals surface area contributed by atoms with Crippen LogP contribution in [0.5, 0.6) is 0 Å². The van der Waals surface area contributed by atoms with Gasteiger partial charge >= 0.3 is 0 Å². The zero-order valence-electron chi connectivity index (χ0n) is 12.8. The molecular weight excluding hydrogens is 254 g/mol. The van der Waals surface area contributed by atoms with Crippen molar-refractivity contribution in [1.82, 2.24) is 4.90 Å². The first kappa shape index (κ1) is 14.1. The zero-order valence-corrected chi connectivity index (χ0v) is 12.8. The Labute approximate surface area is 127 Å². The van der Waals surface area contributed by atoms with Crippen molar-refractivity contribution in [3.05, 3.63) is 77.4 Å². The van der Waals surface area contributed by atoms with Crippen LogP contribution in [0.15, 0.2) is 60.7 Å². The van der Waals surface area contributed by atoms with Gasteiger partial charge in [0.1, 0.15) is 0 Å². The molecule has 0 aliphatic carbocycles. The number of hydrogen-bond donors (Lipinski definition) is 0. The minimum atomic E-state index is 1.05. The van der Waals surface area contributed by atoms with Crippen LogP contribution in [0.25, 0.3) is 5.57 Å². The summed E-state index contributed by atoms with van der Waals surface area (Å²) in [6.07, 6.45) is 5.09. The molecular formula is C20H23N. The van der Waals surface area contributed by atoms with Crippen LogP contribution in [-0.2, 0) is 0 Å². The van der Waals surface area contributed by atoms with Crippen LogP contribution in [0.2, 0.25) is 0 Å². The second kappa shape index (κ2) is 6.73. The largest absolute Gasteiger partial charge is 0.300 e. The monoisotopic (exact) mass is 277 g/mol. The Kier molecular flexibility index (Phi) is 4.52. The molecule has 1 nitrogen and oxygen atoms in total. The van der Waals surface area contributed by atoms with Gasteiger partial charge in [0.25, 0.3) is 0 Å². The van der Waals surface area contributed by atoms with E-state index in [1.54, 1.807) is 0 Å². The van der Waals surface area contributed by atoms with Gasteiger partial charge in [-0.2, -0.15) is 0 Å². The van der Waals surface area contributed by atoms with E-state index in [1.165, 1.54) is 48.2 Å². The first-order chi connectivity index (χ1) is 10.3. The highest BCUT2D eigenvalue weighted by atomic mass is 15.1. The third-order valence-electron chi connectivity index (χ3n) is 4.20. The second-order valence-corrected chi connectivity index (χ2v) is 5.86. The van der Waals surface area contributed by atoms with Crippen LogP contribution < -0.4 is 0 Å². The summed E-state index contributed by atoms with van der Waals surface area (Å²) in [6, 6.07) is 19.6. The Bertz CT molecular complexity index is 589. The van der Waals surface area contributed by atoms with Crippen LogP contribution in [0.1, 0.15) is 29.5 Å². The summed E-state index contributed by atoms with van der Waals surface area (Å²) >= 11 is 0. The molecule has 0 atom stereocenters. The molecule has 1 heterocycles. The molecule has 1 saturated heterocycles. The summed E-state index contributed by atoms with van der Waals surface area (Å²) in [5.74, 6) is 0. The number of hydrogen-bond acceptors (Lipinski definition) is 1. The molecule has 0 saturated carbocycles. The fourth-order valence-corrected chi connectivity index (χ4v) is 2.94. The Balaban J connectivity index is 1.90. The fraction of sp³-hybridized carbons (Fsp3) is 0.300. The molecule has 0 unspecified atom stereocenters. The minimum absolute atomic E-state index is 1.05. The third kappa shape index (κ3) is 3.62. The molecule has 21 heavy (non-hydrogen) atoms. The molecule has 0 bridgehead atoms. The Morgan fingerprint density at radius 1 is 0.905 bits per heavy atom. The average molecular weight is 277 g/mol. The molecule has 3 rings (SSSR count). The molecule has 0 spiro atoms. The standard InChI is InChI=1S/C20H23N/c1-17-9-11-19(12-10-17)20(18-7-3-2-4-8-18)13-16-21-14-5-6-15-21/h2-4,7-13H,5-6,14-16H2,1H3/b20-13-. The molecule has 2 aromatic carbocycles. The molecule has 1 heteroatoms. The van der Waals surface area contributed by atoms with Crippen molar-refractivity contribution in [1.29, 1.82) is 0 Å². The molecule has 0 aromatic heterocycles. The molecule has 0 radical (unpaired) electrons. The van der Waals surface area contributed by atoms with Gasteiger partial charge < -0.3 is 0 Å². The Hall–Kier alpha value is -1.86. The van der Waals surface area contributed by atoms with Crippen molar-refractivity contribution < 1.29 is 0 Å². The quantitative estimate of drug-likeness (QED) is 0.794. The number of aryl methyl sites for hydroxylation is 1. The SMILES string of the molecule is Cc1ccc(/C(=C\CN2CCCC2)c2ccccc2)cc1. The maximum absolute atomic E-state index is 2.54. The first-order valence-electron chi connectivity index (χ1n) is 7.88. The molecule has 0 N–H and O–H groups in total. The number of benzene rings is 2. The van der Waals surface area contributed by atoms with E-state index in [2.05, 4.69) is 72.5 Å². The summed E-state index contributed by atoms with van der Waals surface area (Å²) in [6.45, 7) is 5.68. The lowest BCUT2D eigenvalue weighted by Gasteiger charge is -2.14. The van der Waals surface area contributed by atoms with E-state index < -0.39 is 0 Å². The van der Waals surface area contributed by atoms with Crippen molar-refractivity contribution in [3.8, 4) is 0 Å². The van der Waals surface area contributed by atoms with E-state index >= 15 is 0 Å². The summed E-state index contributed by atoms with van der Waals surface area (Å²) in [4.78, 5) is 2.54. The Morgan fingerprint density at radius 2 is 1.52 bits per heavy atom. The van der Waals surface area contributed by atoms with E-state index in [-0.39, 0.29) is 0 Å². The number of likely N-dealkylation sites (tertiary alicyclic amines) is 1. The fourth-order valence-electron chi connectivity index (χ4n) is 2.94. The van der Waals surface area contributed by atoms with E-state index in [0.29, 0.717) is 0 Å². The van der Waals surface area contributed by atoms with Gasteiger partial charge in [-0.1, -0.05) is 66.2 Å². The smallest absolute Gasteiger partial charge is 0.0172 e. The lowest BCUT2D eigenvalue weighted by molar-refractivity contribution is 0.377. The van der Waals surface area contributed by atoms with Crippen LogP contribution in [0.3, 0.4) is 0 Å². The second-order valence-electron chi connectivity index (χ2n) is 5.86. The third-order valence-corrected chi connectivity index (χ3v) is 4.20. The summed E-state index contributed by atoms with van der Waals surface area (Å²) in [5, 5.41) is 0. The van der Waals surface area contributed by atoms with Crippen LogP contribution >= 0.6 is 0 Å². The highest BCUT2D eigenvalue weighted by Crippen LogP contribution is 2.24. The maximum Gasteiger partial charge on any atom is 0.0172 e. The molecule has 1 fully saturated rings. The van der Waals surface area contributed by atoms with Gasteiger partial charge in [-0.3, -0.25) is 4.90 Å². The van der Waals surface area contributed by atoms with Crippen molar-refractivity contribution in [2.75, 3.05) is 19.6 Å². The van der Waals surface area contributed by atoms with E-state index in [4.69, 9.17) is 0 Å². The molecule has 108 valence electrons. The summed E-state index contributed by atoms with van der Waals surface area (Å²) in [5.41, 5.74) is 5.28. The first-order valence-corrected chi connectivity index (χ1v) is 7.88. The van der Waals surface area contributed by atoms with E-state index in [9.17, 15) is 0 Å². The van der Waals surface area contributed by atoms with E-state index in [0.717, 1.165) is 6.54 Å². The summed E-state index contributed by atoms with van der Waals surface area (Å²) < 4.78 is 0. The predicted molar refractivity (Wildman–Crippen MR) is 90.4 cm³/mol. The van der Waals surface area contributed by atoms with E-state index in [1.807, 2.05) is 0 Å². The summed E-state index contributed by atoms with van der Waals surface area (Å²) in [7, 11) is 0. The van der Waals surface area contributed by atoms with Gasteiger partial charge in [0.2, 0.25) is 0 Å². The van der Waals surface area contributed by atoms with Gasteiger partial charge in [0.05, 0.1) is 0 Å². The maximum atomic E-state index is 2.54. The van der Waals surface area contributed by atoms with Gasteiger partial charge in [0, 0.05) is 6.54 Å². The highest BCUT2D eigenvalue weighted by Gasteiger charge is 2.11. The van der Waals surface area contributed by atoms with Gasteiger partial charge in [-0.15, -0.1) is 0 Å². The van der Waals surface area contributed by atoms with Crippen molar-refractivity contribution in [2.24, 2.45) is 0 Å². The van der Waals surface area contributed by atoms with Gasteiger partial charge in [-0.05, 0) is 49.6 Å². The van der Waals surface area contributed by atoms with Crippen molar-refractivity contribution in [3.63, 3.8) is 0 Å². The van der Waals surface area contributed by atoms with Crippen molar-refractivity contribution >= 4 is 5.57 Å².